The quantitative estimate of drug-likeness (QED) is 0.813. The van der Waals surface area contributed by atoms with Crippen LogP contribution in [0.1, 0.15) is 32.1 Å². The average Bonchev–Trinajstić information content (AvgIpc) is 2.82. The maximum Gasteiger partial charge on any atom is 0.134 e. The molecule has 0 aliphatic rings. The number of nitrogens with one attached hydrogen (secondary N) is 1. The first-order valence-electron chi connectivity index (χ1n) is 6.64. The van der Waals surface area contributed by atoms with Crippen LogP contribution in [0.15, 0.2) is 34.7 Å². The zero-order valence-electron chi connectivity index (χ0n) is 11.1. The Labute approximate surface area is 108 Å². The lowest BCUT2D eigenvalue weighted by Gasteiger charge is -2.15. The highest BCUT2D eigenvalue weighted by Gasteiger charge is 2.15. The molecule has 0 spiro atoms. The smallest absolute Gasteiger partial charge is 0.134 e. The second-order valence-electron chi connectivity index (χ2n) is 4.35. The topological polar surface area (TPSA) is 34.4 Å². The summed E-state index contributed by atoms with van der Waals surface area (Å²) in [5, 5.41) is 4.61. The van der Waals surface area contributed by atoms with Gasteiger partial charge in [0, 0.05) is 12.0 Å². The number of para-hydroxylation sites is 1. The number of fused-ring (bicyclic) bond motifs is 1. The summed E-state index contributed by atoms with van der Waals surface area (Å²) in [7, 11) is 0. The van der Waals surface area contributed by atoms with Crippen molar-refractivity contribution in [2.75, 3.05) is 19.8 Å². The van der Waals surface area contributed by atoms with Crippen LogP contribution in [-0.2, 0) is 4.74 Å². The van der Waals surface area contributed by atoms with E-state index in [1.165, 1.54) is 0 Å². The molecule has 1 unspecified atom stereocenters. The molecular weight excluding hydrogens is 226 g/mol. The molecule has 2 aromatic rings. The summed E-state index contributed by atoms with van der Waals surface area (Å²) < 4.78 is 11.4. The van der Waals surface area contributed by atoms with Crippen LogP contribution >= 0.6 is 0 Å². The van der Waals surface area contributed by atoms with Gasteiger partial charge in [0.15, 0.2) is 0 Å². The molecule has 0 saturated carbocycles. The SMILES string of the molecule is CCCNC(COCC)c1cc2ccccc2o1. The molecule has 0 amide bonds. The summed E-state index contributed by atoms with van der Waals surface area (Å²) in [6.45, 7) is 6.51. The second kappa shape index (κ2) is 6.57. The van der Waals surface area contributed by atoms with Crippen molar-refractivity contribution in [1.29, 1.82) is 0 Å². The Morgan fingerprint density at radius 3 is 2.83 bits per heavy atom. The lowest BCUT2D eigenvalue weighted by Crippen LogP contribution is -2.26. The molecule has 0 bridgehead atoms. The molecule has 18 heavy (non-hydrogen) atoms. The van der Waals surface area contributed by atoms with Gasteiger partial charge < -0.3 is 14.5 Å². The van der Waals surface area contributed by atoms with E-state index in [0.29, 0.717) is 6.61 Å². The number of furan rings is 1. The van der Waals surface area contributed by atoms with Gasteiger partial charge in [-0.2, -0.15) is 0 Å². The largest absolute Gasteiger partial charge is 0.459 e. The minimum atomic E-state index is 0.136. The van der Waals surface area contributed by atoms with E-state index >= 15 is 0 Å². The van der Waals surface area contributed by atoms with Crippen molar-refractivity contribution in [3.8, 4) is 0 Å². The van der Waals surface area contributed by atoms with Crippen molar-refractivity contribution in [1.82, 2.24) is 5.32 Å². The lowest BCUT2D eigenvalue weighted by molar-refractivity contribution is 0.116. The molecule has 0 aliphatic heterocycles. The lowest BCUT2D eigenvalue weighted by atomic mass is 10.2. The Morgan fingerprint density at radius 1 is 1.28 bits per heavy atom. The third-order valence-corrected chi connectivity index (χ3v) is 2.92. The first-order valence-corrected chi connectivity index (χ1v) is 6.64. The van der Waals surface area contributed by atoms with Crippen LogP contribution in [0.2, 0.25) is 0 Å². The summed E-state index contributed by atoms with van der Waals surface area (Å²) >= 11 is 0. The van der Waals surface area contributed by atoms with Gasteiger partial charge in [-0.1, -0.05) is 25.1 Å². The van der Waals surface area contributed by atoms with Crippen LogP contribution < -0.4 is 5.32 Å². The van der Waals surface area contributed by atoms with E-state index in [9.17, 15) is 0 Å². The summed E-state index contributed by atoms with van der Waals surface area (Å²) in [4.78, 5) is 0. The minimum absolute atomic E-state index is 0.136. The molecule has 3 heteroatoms. The van der Waals surface area contributed by atoms with Crippen molar-refractivity contribution in [3.63, 3.8) is 0 Å². The maximum absolute atomic E-state index is 5.88. The maximum atomic E-state index is 5.88. The van der Waals surface area contributed by atoms with Gasteiger partial charge in [-0.25, -0.2) is 0 Å². The Kier molecular flexibility index (Phi) is 4.79. The summed E-state index contributed by atoms with van der Waals surface area (Å²) in [5.41, 5.74) is 0.937. The van der Waals surface area contributed by atoms with E-state index in [1.54, 1.807) is 0 Å². The molecular formula is C15H21NO2. The fraction of sp³-hybridized carbons (Fsp3) is 0.467. The first kappa shape index (κ1) is 13.1. The zero-order valence-corrected chi connectivity index (χ0v) is 11.1. The van der Waals surface area contributed by atoms with E-state index < -0.39 is 0 Å². The van der Waals surface area contributed by atoms with E-state index in [1.807, 2.05) is 25.1 Å². The van der Waals surface area contributed by atoms with Crippen molar-refractivity contribution < 1.29 is 9.15 Å². The van der Waals surface area contributed by atoms with Gasteiger partial charge in [-0.05, 0) is 32.0 Å². The molecule has 1 atom stereocenters. The Morgan fingerprint density at radius 2 is 2.11 bits per heavy atom. The van der Waals surface area contributed by atoms with Crippen molar-refractivity contribution in [2.45, 2.75) is 26.3 Å². The first-order chi connectivity index (χ1) is 8.85. The number of ether oxygens (including phenoxy) is 1. The average molecular weight is 247 g/mol. The van der Waals surface area contributed by atoms with Gasteiger partial charge in [0.05, 0.1) is 12.6 Å². The van der Waals surface area contributed by atoms with Gasteiger partial charge in [-0.15, -0.1) is 0 Å². The van der Waals surface area contributed by atoms with Crippen molar-refractivity contribution in [2.24, 2.45) is 0 Å². The standard InChI is InChI=1S/C15H21NO2/c1-3-9-16-13(11-17-4-2)15-10-12-7-5-6-8-14(12)18-15/h5-8,10,13,16H,3-4,9,11H2,1-2H3. The predicted octanol–water partition coefficient (Wildman–Crippen LogP) is 3.51. The second-order valence-corrected chi connectivity index (χ2v) is 4.35. The van der Waals surface area contributed by atoms with Crippen molar-refractivity contribution in [3.05, 3.63) is 36.1 Å². The highest BCUT2D eigenvalue weighted by molar-refractivity contribution is 5.77. The van der Waals surface area contributed by atoms with Crippen LogP contribution in [0.5, 0.6) is 0 Å². The minimum Gasteiger partial charge on any atom is -0.459 e. The Bertz CT molecular complexity index is 437. The van der Waals surface area contributed by atoms with E-state index in [4.69, 9.17) is 9.15 Å². The highest BCUT2D eigenvalue weighted by Crippen LogP contribution is 2.24. The number of rotatable bonds is 7. The van der Waals surface area contributed by atoms with Gasteiger partial charge >= 0.3 is 0 Å². The highest BCUT2D eigenvalue weighted by atomic mass is 16.5. The van der Waals surface area contributed by atoms with E-state index in [-0.39, 0.29) is 6.04 Å². The van der Waals surface area contributed by atoms with Crippen LogP contribution in [0.3, 0.4) is 0 Å². The van der Waals surface area contributed by atoms with Gasteiger partial charge in [0.1, 0.15) is 11.3 Å². The van der Waals surface area contributed by atoms with Crippen molar-refractivity contribution >= 4 is 11.0 Å². The summed E-state index contributed by atoms with van der Waals surface area (Å²) in [5.74, 6) is 0.957. The summed E-state index contributed by atoms with van der Waals surface area (Å²) in [6, 6.07) is 10.3. The monoisotopic (exact) mass is 247 g/mol. The van der Waals surface area contributed by atoms with Gasteiger partial charge in [0.2, 0.25) is 0 Å². The molecule has 1 N–H and O–H groups in total. The number of hydrogen-bond acceptors (Lipinski definition) is 3. The molecule has 1 aromatic carbocycles. The molecule has 2 rings (SSSR count). The third kappa shape index (κ3) is 3.12. The normalized spacial score (nSPS) is 13.0. The molecule has 1 heterocycles. The van der Waals surface area contributed by atoms with Crippen LogP contribution in [0, 0.1) is 0 Å². The Hall–Kier alpha value is -1.32. The van der Waals surface area contributed by atoms with Crippen LogP contribution in [-0.4, -0.2) is 19.8 Å². The van der Waals surface area contributed by atoms with E-state index in [0.717, 1.165) is 36.3 Å². The fourth-order valence-electron chi connectivity index (χ4n) is 1.97. The summed E-state index contributed by atoms with van der Waals surface area (Å²) in [6.07, 6.45) is 1.10. The van der Waals surface area contributed by atoms with Gasteiger partial charge in [0.25, 0.3) is 0 Å². The van der Waals surface area contributed by atoms with Gasteiger partial charge in [-0.3, -0.25) is 0 Å². The molecule has 1 aromatic heterocycles. The molecule has 98 valence electrons. The van der Waals surface area contributed by atoms with Crippen LogP contribution in [0.4, 0.5) is 0 Å². The molecule has 0 fully saturated rings. The predicted molar refractivity (Wildman–Crippen MR) is 73.7 cm³/mol. The van der Waals surface area contributed by atoms with Crippen LogP contribution in [0.25, 0.3) is 11.0 Å². The van der Waals surface area contributed by atoms with E-state index in [2.05, 4.69) is 24.4 Å². The number of hydrogen-bond donors (Lipinski definition) is 1. The molecule has 0 radical (unpaired) electrons. The zero-order chi connectivity index (χ0) is 12.8. The molecule has 0 saturated heterocycles. The molecule has 3 nitrogen and oxygen atoms in total. The Balaban J connectivity index is 2.17. The third-order valence-electron chi connectivity index (χ3n) is 2.92. The molecule has 0 aliphatic carbocycles. The number of benzene rings is 1. The fourth-order valence-corrected chi connectivity index (χ4v) is 1.97.